The van der Waals surface area contributed by atoms with Gasteiger partial charge in [-0.1, -0.05) is 18.2 Å². The van der Waals surface area contributed by atoms with E-state index in [1.54, 1.807) is 26.4 Å². The molecule has 2 aromatic rings. The summed E-state index contributed by atoms with van der Waals surface area (Å²) in [6, 6.07) is 12.0. The molecule has 3 rings (SSSR count). The van der Waals surface area contributed by atoms with E-state index >= 15 is 0 Å². The van der Waals surface area contributed by atoms with Crippen LogP contribution in [0.15, 0.2) is 47.6 Å². The van der Waals surface area contributed by atoms with Gasteiger partial charge in [0.15, 0.2) is 5.96 Å². The second-order valence-corrected chi connectivity index (χ2v) is 7.27. The Bertz CT molecular complexity index is 875. The average Bonchev–Trinajstić information content (AvgIpc) is 3.23. The van der Waals surface area contributed by atoms with E-state index < -0.39 is 0 Å². The second kappa shape index (κ2) is 12.3. The third kappa shape index (κ3) is 7.27. The molecule has 0 bridgehead atoms. The highest BCUT2D eigenvalue weighted by Crippen LogP contribution is 2.30. The van der Waals surface area contributed by atoms with E-state index in [1.165, 1.54) is 0 Å². The van der Waals surface area contributed by atoms with Gasteiger partial charge in [0.05, 0.1) is 12.8 Å². The molecular formula is C22H31IN6O2. The summed E-state index contributed by atoms with van der Waals surface area (Å²) in [6.45, 7) is 4.25. The van der Waals surface area contributed by atoms with Crippen molar-refractivity contribution in [1.82, 2.24) is 15.6 Å². The summed E-state index contributed by atoms with van der Waals surface area (Å²) in [7, 11) is 3.43. The molecule has 1 aliphatic heterocycles. The summed E-state index contributed by atoms with van der Waals surface area (Å²) in [5.41, 5.74) is 2.16. The van der Waals surface area contributed by atoms with Gasteiger partial charge in [0.25, 0.3) is 0 Å². The molecule has 1 atom stereocenters. The maximum atomic E-state index is 12.1. The Labute approximate surface area is 200 Å². The summed E-state index contributed by atoms with van der Waals surface area (Å²) < 4.78 is 5.48. The number of hydrogen-bond donors (Lipinski definition) is 3. The number of benzene rings is 1. The number of halogens is 1. The summed E-state index contributed by atoms with van der Waals surface area (Å²) in [5.74, 6) is 2.06. The first-order chi connectivity index (χ1) is 14.6. The number of nitrogens with zero attached hydrogens (tertiary/aromatic N) is 3. The molecule has 1 amide bonds. The molecule has 9 heteroatoms. The van der Waals surface area contributed by atoms with Crippen molar-refractivity contribution in [2.45, 2.75) is 25.8 Å². The van der Waals surface area contributed by atoms with Crippen molar-refractivity contribution in [3.05, 3.63) is 48.2 Å². The van der Waals surface area contributed by atoms with Crippen molar-refractivity contribution in [3.8, 4) is 5.75 Å². The summed E-state index contributed by atoms with van der Waals surface area (Å²) in [6.07, 6.45) is 3.06. The standard InChI is InChI=1S/C22H30N6O2.HI/c1-16-8-9-20(25-14-16)27-21(29)10-12-24-22(23-2)26-17-11-13-28(15-17)18-6-4-5-7-19(18)30-3;/h4-9,14,17H,10-13,15H2,1-3H3,(H2,23,24,26)(H,25,27,29);1H. The third-order valence-corrected chi connectivity index (χ3v) is 5.00. The Morgan fingerprint density at radius 1 is 1.29 bits per heavy atom. The number of aromatic nitrogens is 1. The van der Waals surface area contributed by atoms with E-state index in [-0.39, 0.29) is 35.9 Å². The Hall–Kier alpha value is -2.56. The van der Waals surface area contributed by atoms with Gasteiger partial charge in [-0.3, -0.25) is 9.79 Å². The average molecular weight is 538 g/mol. The van der Waals surface area contributed by atoms with Crippen molar-refractivity contribution < 1.29 is 9.53 Å². The number of aryl methyl sites for hydroxylation is 1. The minimum absolute atomic E-state index is 0. The minimum atomic E-state index is -0.0856. The molecule has 1 aromatic carbocycles. The highest BCUT2D eigenvalue weighted by Gasteiger charge is 2.25. The lowest BCUT2D eigenvalue weighted by molar-refractivity contribution is -0.116. The molecule has 0 aliphatic carbocycles. The molecule has 0 spiro atoms. The zero-order chi connectivity index (χ0) is 21.3. The number of guanidine groups is 1. The minimum Gasteiger partial charge on any atom is -0.495 e. The predicted octanol–water partition coefficient (Wildman–Crippen LogP) is 2.79. The van der Waals surface area contributed by atoms with Crippen LogP contribution in [0.4, 0.5) is 11.5 Å². The quantitative estimate of drug-likeness (QED) is 0.286. The number of aliphatic imine (C=N–C) groups is 1. The van der Waals surface area contributed by atoms with E-state index in [0.717, 1.165) is 36.5 Å². The van der Waals surface area contributed by atoms with Crippen molar-refractivity contribution in [1.29, 1.82) is 0 Å². The topological polar surface area (TPSA) is 90.9 Å². The zero-order valence-electron chi connectivity index (χ0n) is 18.2. The van der Waals surface area contributed by atoms with Crippen LogP contribution in [-0.2, 0) is 4.79 Å². The lowest BCUT2D eigenvalue weighted by Gasteiger charge is -2.22. The molecule has 0 radical (unpaired) electrons. The van der Waals surface area contributed by atoms with Gasteiger partial charge >= 0.3 is 0 Å². The van der Waals surface area contributed by atoms with Crippen LogP contribution in [0.2, 0.25) is 0 Å². The Kier molecular flexibility index (Phi) is 9.83. The number of carbonyl (C=O) groups excluding carboxylic acids is 1. The molecule has 8 nitrogen and oxygen atoms in total. The van der Waals surface area contributed by atoms with Crippen molar-refractivity contribution >= 4 is 47.3 Å². The molecular weight excluding hydrogens is 507 g/mol. The van der Waals surface area contributed by atoms with Gasteiger partial charge in [0, 0.05) is 45.3 Å². The summed E-state index contributed by atoms with van der Waals surface area (Å²) >= 11 is 0. The van der Waals surface area contributed by atoms with Crippen LogP contribution in [0, 0.1) is 6.92 Å². The Balaban J connectivity index is 0.00000341. The first kappa shape index (κ1) is 24.7. The van der Waals surface area contributed by atoms with Gasteiger partial charge in [-0.05, 0) is 37.1 Å². The molecule has 168 valence electrons. The largest absolute Gasteiger partial charge is 0.495 e. The Morgan fingerprint density at radius 3 is 2.81 bits per heavy atom. The fraction of sp³-hybridized carbons (Fsp3) is 0.409. The first-order valence-corrected chi connectivity index (χ1v) is 10.2. The molecule has 1 unspecified atom stereocenters. The number of anilines is 2. The molecule has 1 aromatic heterocycles. The van der Waals surface area contributed by atoms with Crippen LogP contribution < -0.4 is 25.6 Å². The maximum Gasteiger partial charge on any atom is 0.227 e. The van der Waals surface area contributed by atoms with Crippen LogP contribution >= 0.6 is 24.0 Å². The molecule has 0 saturated carbocycles. The molecule has 31 heavy (non-hydrogen) atoms. The van der Waals surface area contributed by atoms with E-state index in [4.69, 9.17) is 4.74 Å². The van der Waals surface area contributed by atoms with E-state index in [2.05, 4.69) is 36.9 Å². The number of rotatable bonds is 7. The van der Waals surface area contributed by atoms with Gasteiger partial charge in [-0.25, -0.2) is 4.98 Å². The third-order valence-electron chi connectivity index (χ3n) is 5.00. The number of amides is 1. The van der Waals surface area contributed by atoms with Crippen molar-refractivity contribution in [3.63, 3.8) is 0 Å². The van der Waals surface area contributed by atoms with Crippen LogP contribution in [0.3, 0.4) is 0 Å². The monoisotopic (exact) mass is 538 g/mol. The van der Waals surface area contributed by atoms with Crippen LogP contribution in [0.5, 0.6) is 5.75 Å². The molecule has 3 N–H and O–H groups in total. The van der Waals surface area contributed by atoms with Crippen LogP contribution in [-0.4, -0.2) is 56.7 Å². The molecule has 1 saturated heterocycles. The van der Waals surface area contributed by atoms with Gasteiger partial charge in [0.1, 0.15) is 11.6 Å². The smallest absolute Gasteiger partial charge is 0.227 e. The van der Waals surface area contributed by atoms with E-state index in [1.807, 2.05) is 31.2 Å². The molecule has 1 fully saturated rings. The maximum absolute atomic E-state index is 12.1. The number of nitrogens with one attached hydrogen (secondary N) is 3. The van der Waals surface area contributed by atoms with Gasteiger partial charge in [-0.15, -0.1) is 24.0 Å². The van der Waals surface area contributed by atoms with Crippen LogP contribution in [0.1, 0.15) is 18.4 Å². The number of hydrogen-bond acceptors (Lipinski definition) is 5. The normalized spacial score (nSPS) is 15.8. The highest BCUT2D eigenvalue weighted by molar-refractivity contribution is 14.0. The fourth-order valence-electron chi connectivity index (χ4n) is 3.42. The van der Waals surface area contributed by atoms with Gasteiger partial charge in [-0.2, -0.15) is 0 Å². The van der Waals surface area contributed by atoms with Crippen LogP contribution in [0.25, 0.3) is 0 Å². The Morgan fingerprint density at radius 2 is 2.10 bits per heavy atom. The SMILES string of the molecule is CN=C(NCCC(=O)Nc1ccc(C)cn1)NC1CCN(c2ccccc2OC)C1.I. The van der Waals surface area contributed by atoms with Crippen molar-refractivity contribution in [2.24, 2.45) is 4.99 Å². The number of pyridine rings is 1. The zero-order valence-corrected chi connectivity index (χ0v) is 20.6. The first-order valence-electron chi connectivity index (χ1n) is 10.2. The van der Waals surface area contributed by atoms with E-state index in [0.29, 0.717) is 24.7 Å². The lowest BCUT2D eigenvalue weighted by Crippen LogP contribution is -2.45. The summed E-state index contributed by atoms with van der Waals surface area (Å²) in [4.78, 5) is 22.9. The lowest BCUT2D eigenvalue weighted by atomic mass is 10.2. The van der Waals surface area contributed by atoms with Gasteiger partial charge in [0.2, 0.25) is 5.91 Å². The summed E-state index contributed by atoms with van der Waals surface area (Å²) in [5, 5.41) is 9.46. The highest BCUT2D eigenvalue weighted by atomic mass is 127. The van der Waals surface area contributed by atoms with Gasteiger partial charge < -0.3 is 25.6 Å². The molecule has 2 heterocycles. The second-order valence-electron chi connectivity index (χ2n) is 7.27. The predicted molar refractivity (Wildman–Crippen MR) is 136 cm³/mol. The van der Waals surface area contributed by atoms with E-state index in [9.17, 15) is 4.79 Å². The number of para-hydroxylation sites is 2. The number of ether oxygens (including phenoxy) is 1. The fourth-order valence-corrected chi connectivity index (χ4v) is 3.42. The number of methoxy groups -OCH3 is 1. The van der Waals surface area contributed by atoms with Crippen molar-refractivity contribution in [2.75, 3.05) is 44.0 Å². The number of carbonyl (C=O) groups is 1. The molecule has 1 aliphatic rings.